The number of nitrogens with zero attached hydrogens (tertiary/aromatic N) is 8. The summed E-state index contributed by atoms with van der Waals surface area (Å²) in [6.07, 6.45) is 9.88. The second-order valence-corrected chi connectivity index (χ2v) is 31.1. The van der Waals surface area contributed by atoms with E-state index in [1.54, 1.807) is 57.7 Å². The molecule has 0 fully saturated rings. The zero-order valence-corrected chi connectivity index (χ0v) is 59.2. The van der Waals surface area contributed by atoms with Gasteiger partial charge >= 0.3 is 17.6 Å². The summed E-state index contributed by atoms with van der Waals surface area (Å²) < 4.78 is 57.3. The van der Waals surface area contributed by atoms with Gasteiger partial charge in [-0.05, 0) is 141 Å². The van der Waals surface area contributed by atoms with Gasteiger partial charge in [0.1, 0.15) is 40.0 Å². The summed E-state index contributed by atoms with van der Waals surface area (Å²) in [5.41, 5.74) is 11.5. The molecule has 0 spiro atoms. The predicted molar refractivity (Wildman–Crippen MR) is 350 cm³/mol. The lowest BCUT2D eigenvalue weighted by molar-refractivity contribution is -0.696. The minimum atomic E-state index is -2.65. The van der Waals surface area contributed by atoms with Crippen molar-refractivity contribution >= 4 is 131 Å². The third-order valence-corrected chi connectivity index (χ3v) is 24.7. The zero-order chi connectivity index (χ0) is 57.4. The molecule has 82 heavy (non-hydrogen) atoms. The molecule has 10 aromatic heterocycles. The van der Waals surface area contributed by atoms with Crippen LogP contribution < -0.4 is 28.5 Å². The van der Waals surface area contributed by atoms with Gasteiger partial charge in [0.15, 0.2) is 12.4 Å². The first-order valence-electron chi connectivity index (χ1n) is 27.3. The van der Waals surface area contributed by atoms with Crippen LogP contribution in [0.1, 0.15) is 73.9 Å². The van der Waals surface area contributed by atoms with E-state index in [1.165, 1.54) is 47.8 Å². The number of thiophene rings is 4. The topological polar surface area (TPSA) is 149 Å². The highest BCUT2D eigenvalue weighted by Crippen LogP contribution is 2.45. The number of alkyl halides is 1. The van der Waals surface area contributed by atoms with Gasteiger partial charge in [-0.15, -0.1) is 45.3 Å². The highest BCUT2D eigenvalue weighted by Gasteiger charge is 2.41. The molecule has 10 rings (SSSR count). The van der Waals surface area contributed by atoms with Crippen LogP contribution in [0.4, 0.5) is 0 Å². The molecule has 0 unspecified atom stereocenters. The van der Waals surface area contributed by atoms with Crippen LogP contribution in [-0.4, -0.2) is 94.1 Å². The molecule has 10 aromatic rings. The molecule has 10 heterocycles. The summed E-state index contributed by atoms with van der Waals surface area (Å²) in [6.45, 7) is 25.1. The standard InChI is InChI=1S/C29H35N4O3S3Si.C20H14N4S3.C9H21IO3Si.HI/c1-6-34-40(35-7-2,36-8-3)19-9-16-33-17-14-22(15-18-33)26-25(23-12-10-20(4)37-23)28-29(32-39-31-28)27(30-26)24-13-11-21(5)38-24;1-11-3-5-14(25-11)16-17(13-7-9-21-10-8-13)22-18(15-6-4-12(2)26-15)20-19(16)23-27-24-20;1-4-11-14(12-5-2,13-6-3)9-7-8-10;/h10-15,17-18H,6-9,16,19H2,1-5H3;3-10H,1-2H3;4-9H2,1-3H3;1H/q+1;;;/p-1. The summed E-state index contributed by atoms with van der Waals surface area (Å²) >= 11 is 11.9. The van der Waals surface area contributed by atoms with Crippen molar-refractivity contribution in [3.05, 3.63) is 117 Å². The van der Waals surface area contributed by atoms with Crippen molar-refractivity contribution in [1.29, 1.82) is 0 Å². The number of aromatic nitrogens is 8. The van der Waals surface area contributed by atoms with Crippen LogP contribution in [-0.2, 0) is 33.1 Å². The Morgan fingerprint density at radius 3 is 1.15 bits per heavy atom. The smallest absolute Gasteiger partial charge is 0.501 e. The molecular weight excluding hydrogens is 1410 g/mol. The molecule has 0 aromatic carbocycles. The third-order valence-electron chi connectivity index (χ3n) is 12.6. The Balaban J connectivity index is 0.000000198. The van der Waals surface area contributed by atoms with Crippen molar-refractivity contribution in [1.82, 2.24) is 32.4 Å². The van der Waals surface area contributed by atoms with Crippen LogP contribution in [0.3, 0.4) is 0 Å². The van der Waals surface area contributed by atoms with E-state index < -0.39 is 17.6 Å². The predicted octanol–water partition coefficient (Wildman–Crippen LogP) is 13.6. The molecule has 14 nitrogen and oxygen atoms in total. The summed E-state index contributed by atoms with van der Waals surface area (Å²) in [5, 5.41) is 0. The maximum Gasteiger partial charge on any atom is 0.501 e. The average molecular weight is 1480 g/mol. The van der Waals surface area contributed by atoms with Gasteiger partial charge in [0.25, 0.3) is 0 Å². The molecule has 0 bridgehead atoms. The molecule has 0 aliphatic heterocycles. The first kappa shape index (κ1) is 66.2. The molecular formula is C58H70I2N8O6S6Si2. The lowest BCUT2D eigenvalue weighted by Crippen LogP contribution is -3.00. The lowest BCUT2D eigenvalue weighted by Gasteiger charge is -2.28. The van der Waals surface area contributed by atoms with Gasteiger partial charge < -0.3 is 50.5 Å². The Morgan fingerprint density at radius 1 is 0.439 bits per heavy atom. The summed E-state index contributed by atoms with van der Waals surface area (Å²) in [4.78, 5) is 24.1. The van der Waals surface area contributed by atoms with Crippen LogP contribution in [0.2, 0.25) is 12.1 Å². The number of pyridine rings is 4. The van der Waals surface area contributed by atoms with E-state index in [-0.39, 0.29) is 24.0 Å². The number of halogens is 2. The molecule has 0 N–H and O–H groups in total. The van der Waals surface area contributed by atoms with Crippen LogP contribution in [0.5, 0.6) is 0 Å². The van der Waals surface area contributed by atoms with Gasteiger partial charge in [-0.2, -0.15) is 17.5 Å². The van der Waals surface area contributed by atoms with E-state index in [9.17, 15) is 0 Å². The monoisotopic (exact) mass is 1480 g/mol. The normalized spacial score (nSPS) is 11.6. The fourth-order valence-electron chi connectivity index (χ4n) is 9.21. The summed E-state index contributed by atoms with van der Waals surface area (Å²) in [5.74, 6) is 0. The Morgan fingerprint density at radius 2 is 0.793 bits per heavy atom. The van der Waals surface area contributed by atoms with Crippen LogP contribution in [0.15, 0.2) is 97.6 Å². The molecule has 0 atom stereocenters. The molecule has 0 saturated carbocycles. The summed E-state index contributed by atoms with van der Waals surface area (Å²) in [7, 11) is -4.97. The quantitative estimate of drug-likeness (QED) is 0.0231. The van der Waals surface area contributed by atoms with Gasteiger partial charge in [-0.25, -0.2) is 14.5 Å². The number of rotatable bonds is 25. The van der Waals surface area contributed by atoms with E-state index in [0.29, 0.717) is 39.6 Å². The zero-order valence-electron chi connectivity index (χ0n) is 48.0. The second-order valence-electron chi connectivity index (χ2n) is 18.4. The highest BCUT2D eigenvalue weighted by atomic mass is 127. The van der Waals surface area contributed by atoms with E-state index in [1.807, 2.05) is 53.7 Å². The van der Waals surface area contributed by atoms with Gasteiger partial charge in [0.05, 0.1) is 44.6 Å². The Labute approximate surface area is 539 Å². The van der Waals surface area contributed by atoms with E-state index in [4.69, 9.17) is 40.9 Å². The van der Waals surface area contributed by atoms with Crippen molar-refractivity contribution in [3.8, 4) is 64.5 Å². The maximum absolute atomic E-state index is 6.03. The second kappa shape index (κ2) is 32.4. The summed E-state index contributed by atoms with van der Waals surface area (Å²) in [6, 6.07) is 27.1. The highest BCUT2D eigenvalue weighted by molar-refractivity contribution is 14.1. The van der Waals surface area contributed by atoms with Crippen molar-refractivity contribution in [2.24, 2.45) is 0 Å². The van der Waals surface area contributed by atoms with Crippen molar-refractivity contribution in [2.45, 2.75) is 101 Å². The molecule has 0 aliphatic carbocycles. The number of aryl methyl sites for hydroxylation is 5. The fraction of sp³-hybridized carbons (Fsp3) is 0.379. The van der Waals surface area contributed by atoms with Gasteiger partial charge in [-0.3, -0.25) is 4.98 Å². The van der Waals surface area contributed by atoms with Crippen LogP contribution in [0, 0.1) is 27.7 Å². The van der Waals surface area contributed by atoms with Crippen molar-refractivity contribution in [2.75, 3.05) is 44.1 Å². The van der Waals surface area contributed by atoms with E-state index in [0.717, 1.165) is 118 Å². The molecule has 24 heteroatoms. The van der Waals surface area contributed by atoms with Crippen molar-refractivity contribution < 1.29 is 55.1 Å². The van der Waals surface area contributed by atoms with E-state index >= 15 is 0 Å². The Kier molecular flexibility index (Phi) is 26.2. The first-order chi connectivity index (χ1) is 39.4. The maximum atomic E-state index is 6.03. The van der Waals surface area contributed by atoms with Crippen LogP contribution in [0.25, 0.3) is 86.6 Å². The SMILES string of the molecule is CCO[Si](CCCI)(OCC)OCC.CCO[Si](CCC[n+]1ccc(-c2nc(-c3ccc(C)s3)c3nsnc3c2-c2ccc(C)s2)cc1)(OCC)OCC.Cc1ccc(-c2nc(-c3ccncc3)c(-c3ccc(C)s3)c3nsnc23)s1.[I-]. The average Bonchev–Trinajstić information content (AvgIpc) is 4.57. The minimum Gasteiger partial charge on any atom is -1.00 e. The molecule has 0 radical (unpaired) electrons. The van der Waals surface area contributed by atoms with Crippen molar-refractivity contribution in [3.63, 3.8) is 0 Å². The molecule has 0 amide bonds. The number of hydrogen-bond donors (Lipinski definition) is 0. The van der Waals surface area contributed by atoms with Crippen LogP contribution >= 0.6 is 91.4 Å². The molecule has 0 saturated heterocycles. The molecule has 0 aliphatic rings. The fourth-order valence-corrected chi connectivity index (χ4v) is 20.2. The van der Waals surface area contributed by atoms with Gasteiger partial charge in [0, 0.05) is 134 Å². The largest absolute Gasteiger partial charge is 1.00 e. The van der Waals surface area contributed by atoms with Gasteiger partial charge in [0.2, 0.25) is 0 Å². The molecule has 436 valence electrons. The Bertz CT molecular complexity index is 3530. The van der Waals surface area contributed by atoms with E-state index in [2.05, 4.69) is 146 Å². The number of fused-ring (bicyclic) bond motifs is 2. The number of hydrogen-bond acceptors (Lipinski definition) is 19. The first-order valence-corrected chi connectivity index (χ1v) is 37.4. The lowest BCUT2D eigenvalue weighted by atomic mass is 10.0. The minimum absolute atomic E-state index is 0. The third kappa shape index (κ3) is 16.6. The Hall–Kier alpha value is -3.31. The van der Waals surface area contributed by atoms with Gasteiger partial charge in [-0.1, -0.05) is 22.6 Å².